The maximum atomic E-state index is 13.6. The van der Waals surface area contributed by atoms with E-state index in [1.165, 1.54) is 23.5 Å². The van der Waals surface area contributed by atoms with E-state index in [0.29, 0.717) is 51.6 Å². The zero-order valence-corrected chi connectivity index (χ0v) is 23.9. The number of aromatic nitrogens is 4. The van der Waals surface area contributed by atoms with Crippen LogP contribution < -0.4 is 10.6 Å². The fourth-order valence-corrected chi connectivity index (χ4v) is 6.14. The van der Waals surface area contributed by atoms with Crippen LogP contribution in [0.3, 0.4) is 0 Å². The first-order valence-electron chi connectivity index (χ1n) is 14.1. The second-order valence-electron chi connectivity index (χ2n) is 10.5. The Hall–Kier alpha value is -4.57. The molecule has 2 saturated heterocycles. The number of halogens is 1. The van der Waals surface area contributed by atoms with E-state index in [2.05, 4.69) is 37.5 Å². The molecule has 5 aromatic rings. The molecule has 0 unspecified atom stereocenters. The topological polar surface area (TPSA) is 106 Å². The number of amides is 1. The van der Waals surface area contributed by atoms with Gasteiger partial charge in [-0.2, -0.15) is 5.10 Å². The van der Waals surface area contributed by atoms with Crippen LogP contribution in [0.15, 0.2) is 61.1 Å². The van der Waals surface area contributed by atoms with Gasteiger partial charge in [-0.15, -0.1) is 11.3 Å². The molecule has 7 rings (SSSR count). The number of hydrogen-bond acceptors (Lipinski definition) is 9. The summed E-state index contributed by atoms with van der Waals surface area (Å²) in [6.07, 6.45) is 3.49. The first-order valence-corrected chi connectivity index (χ1v) is 14.9. The van der Waals surface area contributed by atoms with Gasteiger partial charge in [0.15, 0.2) is 0 Å². The van der Waals surface area contributed by atoms with Crippen molar-refractivity contribution in [1.82, 2.24) is 30.0 Å². The van der Waals surface area contributed by atoms with Gasteiger partial charge in [-0.25, -0.2) is 19.2 Å². The number of anilines is 2. The Morgan fingerprint density at radius 2 is 2.09 bits per heavy atom. The molecule has 0 aliphatic carbocycles. The Balaban J connectivity index is 1.02. The van der Waals surface area contributed by atoms with Gasteiger partial charge in [0.1, 0.15) is 28.9 Å². The van der Waals surface area contributed by atoms with E-state index in [9.17, 15) is 9.18 Å². The number of hydrogen-bond donors (Lipinski definition) is 2. The quantitative estimate of drug-likeness (QED) is 0.285. The molecule has 2 N–H and O–H groups in total. The Labute approximate surface area is 250 Å². The maximum Gasteiger partial charge on any atom is 0.410 e. The normalized spacial score (nSPS) is 18.5. The average molecular weight is 598 g/mol. The van der Waals surface area contributed by atoms with Crippen molar-refractivity contribution in [3.63, 3.8) is 0 Å². The molecule has 5 heterocycles. The van der Waals surface area contributed by atoms with Crippen LogP contribution in [0.5, 0.6) is 0 Å². The summed E-state index contributed by atoms with van der Waals surface area (Å²) < 4.78 is 26.5. The molecule has 2 atom stereocenters. The van der Waals surface area contributed by atoms with Gasteiger partial charge >= 0.3 is 6.09 Å². The lowest BCUT2D eigenvalue weighted by atomic mass is 10.2. The summed E-state index contributed by atoms with van der Waals surface area (Å²) >= 11 is 1.51. The number of nitrogens with one attached hydrogen (secondary N) is 2. The van der Waals surface area contributed by atoms with Crippen LogP contribution in [0.2, 0.25) is 0 Å². The standard InChI is InChI=1S/C31H28FN7O3S/c32-22-3-1-2-20(12-22)18-39-28-7-5-24(13-21(28)16-36-39)37-29-27-15-26(43-30(27)35-19-34-29)6-4-23-14-25(17-33-23)42-31(40)38-8-10-41-11-9-38/h1-3,5,7,12-13,15-16,19,23,25,33H,8-11,14,17-18H2,(H,34,35,37)/t23-,25+/m0/s1. The van der Waals surface area contributed by atoms with Crippen LogP contribution in [-0.4, -0.2) is 75.7 Å². The number of fused-ring (bicyclic) bond motifs is 2. The molecule has 0 spiro atoms. The van der Waals surface area contributed by atoms with Gasteiger partial charge in [-0.3, -0.25) is 10.00 Å². The van der Waals surface area contributed by atoms with Crippen LogP contribution in [0, 0.1) is 17.7 Å². The van der Waals surface area contributed by atoms with Crippen molar-refractivity contribution in [3.05, 3.63) is 77.3 Å². The van der Waals surface area contributed by atoms with Gasteiger partial charge in [0.05, 0.1) is 47.8 Å². The molecule has 0 bridgehead atoms. The van der Waals surface area contributed by atoms with E-state index in [1.807, 2.05) is 35.0 Å². The van der Waals surface area contributed by atoms with Gasteiger partial charge in [0.2, 0.25) is 0 Å². The lowest BCUT2D eigenvalue weighted by molar-refractivity contribution is 0.0156. The molecule has 43 heavy (non-hydrogen) atoms. The zero-order chi connectivity index (χ0) is 29.2. The highest BCUT2D eigenvalue weighted by Crippen LogP contribution is 2.30. The molecular weight excluding hydrogens is 569 g/mol. The smallest absolute Gasteiger partial charge is 0.410 e. The van der Waals surface area contributed by atoms with Gasteiger partial charge in [-0.05, 0) is 42.0 Å². The van der Waals surface area contributed by atoms with Crippen LogP contribution in [0.4, 0.5) is 20.7 Å². The van der Waals surface area contributed by atoms with E-state index in [-0.39, 0.29) is 24.1 Å². The molecule has 12 heteroatoms. The SMILES string of the molecule is O=C(O[C@H]1CN[C@@H](C#Cc2cc3c(Nc4ccc5c(cnn5Cc5cccc(F)c5)c4)ncnc3s2)C1)N1CCOCC1. The highest BCUT2D eigenvalue weighted by atomic mass is 32.1. The summed E-state index contributed by atoms with van der Waals surface area (Å²) in [6.45, 7) is 3.27. The van der Waals surface area contributed by atoms with E-state index < -0.39 is 0 Å². The third-order valence-corrected chi connectivity index (χ3v) is 8.41. The highest BCUT2D eigenvalue weighted by Gasteiger charge is 2.28. The molecule has 3 aromatic heterocycles. The third-order valence-electron chi connectivity index (χ3n) is 7.45. The molecule has 1 amide bonds. The van der Waals surface area contributed by atoms with Gasteiger partial charge in [0, 0.05) is 37.1 Å². The molecule has 0 radical (unpaired) electrons. The van der Waals surface area contributed by atoms with Crippen molar-refractivity contribution >= 4 is 50.1 Å². The molecule has 2 aliphatic rings. The van der Waals surface area contributed by atoms with Crippen molar-refractivity contribution in [2.24, 2.45) is 0 Å². The summed E-state index contributed by atoms with van der Waals surface area (Å²) in [7, 11) is 0. The lowest BCUT2D eigenvalue weighted by Gasteiger charge is -2.27. The molecular formula is C31H28FN7O3S. The number of morpholine rings is 1. The summed E-state index contributed by atoms with van der Waals surface area (Å²) in [5.74, 6) is 6.97. The molecule has 2 aromatic carbocycles. The monoisotopic (exact) mass is 597 g/mol. The molecule has 0 saturated carbocycles. The molecule has 2 aliphatic heterocycles. The second-order valence-corrected chi connectivity index (χ2v) is 11.5. The highest BCUT2D eigenvalue weighted by molar-refractivity contribution is 7.19. The minimum atomic E-state index is -0.288. The zero-order valence-electron chi connectivity index (χ0n) is 23.1. The van der Waals surface area contributed by atoms with E-state index >= 15 is 0 Å². The number of nitrogens with zero attached hydrogens (tertiary/aromatic N) is 5. The van der Waals surface area contributed by atoms with Gasteiger partial charge in [-0.1, -0.05) is 24.0 Å². The lowest BCUT2D eigenvalue weighted by Crippen LogP contribution is -2.42. The first-order chi connectivity index (χ1) is 21.1. The Bertz CT molecular complexity index is 1860. The van der Waals surface area contributed by atoms with Crippen molar-refractivity contribution in [1.29, 1.82) is 0 Å². The number of ether oxygens (including phenoxy) is 2. The van der Waals surface area contributed by atoms with Crippen LogP contribution in [0.25, 0.3) is 21.1 Å². The van der Waals surface area contributed by atoms with E-state index in [1.54, 1.807) is 23.5 Å². The van der Waals surface area contributed by atoms with Gasteiger partial charge in [0.25, 0.3) is 0 Å². The third kappa shape index (κ3) is 6.15. The average Bonchev–Trinajstić information content (AvgIpc) is 3.75. The van der Waals surface area contributed by atoms with Crippen LogP contribution in [-0.2, 0) is 16.0 Å². The number of rotatable bonds is 5. The number of carbonyl (C=O) groups excluding carboxylic acids is 1. The number of benzene rings is 2. The molecule has 2 fully saturated rings. The van der Waals surface area contributed by atoms with Crippen molar-refractivity contribution in [2.45, 2.75) is 25.1 Å². The van der Waals surface area contributed by atoms with Crippen LogP contribution >= 0.6 is 11.3 Å². The number of carbonyl (C=O) groups is 1. The second kappa shape index (κ2) is 12.0. The first kappa shape index (κ1) is 27.3. The Morgan fingerprint density at radius 1 is 1.19 bits per heavy atom. The van der Waals surface area contributed by atoms with E-state index in [4.69, 9.17) is 9.47 Å². The summed E-state index contributed by atoms with van der Waals surface area (Å²) in [5.41, 5.74) is 2.67. The fraction of sp³-hybridized carbons (Fsp3) is 0.290. The predicted molar refractivity (Wildman–Crippen MR) is 162 cm³/mol. The summed E-state index contributed by atoms with van der Waals surface area (Å²) in [4.78, 5) is 24.7. The van der Waals surface area contributed by atoms with Crippen molar-refractivity contribution in [2.75, 3.05) is 38.2 Å². The van der Waals surface area contributed by atoms with E-state index in [0.717, 1.165) is 37.2 Å². The summed E-state index contributed by atoms with van der Waals surface area (Å²) in [6, 6.07) is 14.5. The van der Waals surface area contributed by atoms with Crippen LogP contribution in [0.1, 0.15) is 16.9 Å². The fourth-order valence-electron chi connectivity index (χ4n) is 5.28. The maximum absolute atomic E-state index is 13.6. The van der Waals surface area contributed by atoms with Gasteiger partial charge < -0.3 is 19.7 Å². The van der Waals surface area contributed by atoms with Crippen molar-refractivity contribution < 1.29 is 18.7 Å². The Morgan fingerprint density at radius 3 is 2.98 bits per heavy atom. The minimum absolute atomic E-state index is 0.0649. The summed E-state index contributed by atoms with van der Waals surface area (Å²) in [5, 5.41) is 13.1. The molecule has 10 nitrogen and oxygen atoms in total. The Kier molecular flexibility index (Phi) is 7.59. The number of thiophene rings is 1. The largest absolute Gasteiger partial charge is 0.445 e. The predicted octanol–water partition coefficient (Wildman–Crippen LogP) is 4.52. The van der Waals surface area contributed by atoms with Crippen molar-refractivity contribution in [3.8, 4) is 11.8 Å². The molecule has 218 valence electrons. The minimum Gasteiger partial charge on any atom is -0.445 e.